The maximum Gasteiger partial charge on any atom is 0.307 e. The second kappa shape index (κ2) is 6.23. The van der Waals surface area contributed by atoms with Crippen LogP contribution in [0.4, 0.5) is 13.2 Å². The van der Waals surface area contributed by atoms with Gasteiger partial charge in [-0.15, -0.1) is 0 Å². The van der Waals surface area contributed by atoms with Crippen LogP contribution in [0.1, 0.15) is 13.3 Å². The lowest BCUT2D eigenvalue weighted by atomic mass is 10.1. The van der Waals surface area contributed by atoms with Crippen LogP contribution >= 0.6 is 0 Å². The average Bonchev–Trinajstić information content (AvgIpc) is 2.26. The van der Waals surface area contributed by atoms with Crippen molar-refractivity contribution in [1.82, 2.24) is 4.72 Å². The molecule has 0 aromatic heterocycles. The summed E-state index contributed by atoms with van der Waals surface area (Å²) in [5, 5.41) is 8.75. The van der Waals surface area contributed by atoms with Gasteiger partial charge in [-0.05, 0) is 6.42 Å². The summed E-state index contributed by atoms with van der Waals surface area (Å²) in [6.07, 6.45) is 0.131. The highest BCUT2D eigenvalue weighted by Crippen LogP contribution is 2.20. The van der Waals surface area contributed by atoms with Crippen LogP contribution in [0.15, 0.2) is 17.0 Å². The van der Waals surface area contributed by atoms with Gasteiger partial charge in [0.15, 0.2) is 4.90 Å². The van der Waals surface area contributed by atoms with E-state index >= 15 is 0 Å². The summed E-state index contributed by atoms with van der Waals surface area (Å²) >= 11 is 0. The highest BCUT2D eigenvalue weighted by Gasteiger charge is 2.27. The zero-order valence-electron chi connectivity index (χ0n) is 10.4. The van der Waals surface area contributed by atoms with Gasteiger partial charge in [-0.3, -0.25) is 4.79 Å². The Hall–Kier alpha value is -1.61. The van der Waals surface area contributed by atoms with Crippen molar-refractivity contribution >= 4 is 16.0 Å². The fraction of sp³-hybridized carbons (Fsp3) is 0.364. The highest BCUT2D eigenvalue weighted by molar-refractivity contribution is 7.89. The lowest BCUT2D eigenvalue weighted by Crippen LogP contribution is -2.33. The van der Waals surface area contributed by atoms with Gasteiger partial charge in [0.2, 0.25) is 10.0 Å². The zero-order chi connectivity index (χ0) is 15.5. The standard InChI is InChI=1S/C11H12F3NO4S/c1-2-6(11(16)17)5-15-20(18,19)10-8(13)3-7(12)4-9(10)14/h3-4,6,15H,2,5H2,1H3,(H,16,17). The molecule has 0 spiro atoms. The van der Waals surface area contributed by atoms with Crippen molar-refractivity contribution in [3.8, 4) is 0 Å². The van der Waals surface area contributed by atoms with E-state index in [2.05, 4.69) is 0 Å². The summed E-state index contributed by atoms with van der Waals surface area (Å²) < 4.78 is 64.7. The molecule has 0 aliphatic carbocycles. The van der Waals surface area contributed by atoms with Crippen LogP contribution < -0.4 is 4.72 Å². The first-order chi connectivity index (χ1) is 9.19. The van der Waals surface area contributed by atoms with Gasteiger partial charge in [0.05, 0.1) is 5.92 Å². The van der Waals surface area contributed by atoms with E-state index in [4.69, 9.17) is 5.11 Å². The van der Waals surface area contributed by atoms with Gasteiger partial charge < -0.3 is 5.11 Å². The third-order valence-corrected chi connectivity index (χ3v) is 4.07. The number of sulfonamides is 1. The topological polar surface area (TPSA) is 83.5 Å². The Kier molecular flexibility index (Phi) is 5.12. The van der Waals surface area contributed by atoms with Crippen molar-refractivity contribution in [2.75, 3.05) is 6.54 Å². The lowest BCUT2D eigenvalue weighted by Gasteiger charge is -2.12. The van der Waals surface area contributed by atoms with Gasteiger partial charge in [0.1, 0.15) is 17.5 Å². The summed E-state index contributed by atoms with van der Waals surface area (Å²) in [6.45, 7) is 0.997. The van der Waals surface area contributed by atoms with E-state index in [0.717, 1.165) is 0 Å². The van der Waals surface area contributed by atoms with E-state index in [1.165, 1.54) is 6.92 Å². The Morgan fingerprint density at radius 3 is 2.20 bits per heavy atom. The molecule has 20 heavy (non-hydrogen) atoms. The molecule has 0 aliphatic rings. The van der Waals surface area contributed by atoms with Crippen LogP contribution in [0.25, 0.3) is 0 Å². The molecule has 1 unspecified atom stereocenters. The van der Waals surface area contributed by atoms with E-state index in [1.807, 2.05) is 0 Å². The molecule has 1 rings (SSSR count). The summed E-state index contributed by atoms with van der Waals surface area (Å²) in [5.41, 5.74) is 0. The average molecular weight is 311 g/mol. The molecule has 0 radical (unpaired) electrons. The van der Waals surface area contributed by atoms with Gasteiger partial charge in [0, 0.05) is 18.7 Å². The van der Waals surface area contributed by atoms with Crippen LogP contribution in [-0.2, 0) is 14.8 Å². The monoisotopic (exact) mass is 311 g/mol. The first-order valence-electron chi connectivity index (χ1n) is 5.56. The van der Waals surface area contributed by atoms with Crippen LogP contribution in [0.2, 0.25) is 0 Å². The Morgan fingerprint density at radius 2 is 1.80 bits per heavy atom. The smallest absolute Gasteiger partial charge is 0.307 e. The van der Waals surface area contributed by atoms with Crippen LogP contribution in [0, 0.1) is 23.4 Å². The molecule has 0 saturated heterocycles. The Bertz CT molecular complexity index is 595. The van der Waals surface area contributed by atoms with Crippen LogP contribution in [-0.4, -0.2) is 26.0 Å². The van der Waals surface area contributed by atoms with Crippen molar-refractivity contribution in [2.24, 2.45) is 5.92 Å². The molecule has 0 saturated carbocycles. The maximum atomic E-state index is 13.4. The number of aliphatic carboxylic acids is 1. The molecule has 1 aromatic carbocycles. The van der Waals surface area contributed by atoms with E-state index in [0.29, 0.717) is 0 Å². The quantitative estimate of drug-likeness (QED) is 0.834. The predicted octanol–water partition coefficient (Wildman–Crippen LogP) is 1.49. The fourth-order valence-electron chi connectivity index (χ4n) is 1.47. The largest absolute Gasteiger partial charge is 0.481 e. The molecule has 1 aromatic rings. The van der Waals surface area contributed by atoms with Crippen molar-refractivity contribution in [3.05, 3.63) is 29.6 Å². The van der Waals surface area contributed by atoms with Crippen LogP contribution in [0.3, 0.4) is 0 Å². The minimum absolute atomic E-state index is 0.131. The molecule has 9 heteroatoms. The number of nitrogens with one attached hydrogen (secondary N) is 1. The van der Waals surface area contributed by atoms with E-state index < -0.39 is 50.8 Å². The van der Waals surface area contributed by atoms with E-state index in [-0.39, 0.29) is 18.6 Å². The minimum Gasteiger partial charge on any atom is -0.481 e. The number of hydrogen-bond acceptors (Lipinski definition) is 3. The molecule has 0 amide bonds. The summed E-state index contributed by atoms with van der Waals surface area (Å²) in [5.74, 6) is -6.70. The molecule has 0 aliphatic heterocycles. The Morgan fingerprint density at radius 1 is 1.30 bits per heavy atom. The molecule has 5 nitrogen and oxygen atoms in total. The summed E-state index contributed by atoms with van der Waals surface area (Å²) in [7, 11) is -4.61. The SMILES string of the molecule is CCC(CNS(=O)(=O)c1c(F)cc(F)cc1F)C(=O)O. The fourth-order valence-corrected chi connectivity index (χ4v) is 2.67. The molecular formula is C11H12F3NO4S. The number of halogens is 3. The molecule has 0 bridgehead atoms. The van der Waals surface area contributed by atoms with Crippen molar-refractivity contribution in [2.45, 2.75) is 18.2 Å². The van der Waals surface area contributed by atoms with Crippen molar-refractivity contribution in [3.63, 3.8) is 0 Å². The Balaban J connectivity index is 3.04. The Labute approximate surface area is 113 Å². The lowest BCUT2D eigenvalue weighted by molar-refractivity contribution is -0.141. The van der Waals surface area contributed by atoms with Gasteiger partial charge in [-0.1, -0.05) is 6.92 Å². The number of carboxylic acids is 1. The summed E-state index contributed by atoms with van der Waals surface area (Å²) in [4.78, 5) is 9.40. The number of hydrogen-bond donors (Lipinski definition) is 2. The highest BCUT2D eigenvalue weighted by atomic mass is 32.2. The molecule has 0 heterocycles. The normalized spacial score (nSPS) is 13.2. The number of rotatable bonds is 6. The first-order valence-corrected chi connectivity index (χ1v) is 7.04. The number of carbonyl (C=O) groups is 1. The molecule has 2 N–H and O–H groups in total. The second-order valence-electron chi connectivity index (χ2n) is 3.99. The number of benzene rings is 1. The van der Waals surface area contributed by atoms with Gasteiger partial charge in [0.25, 0.3) is 0 Å². The van der Waals surface area contributed by atoms with Gasteiger partial charge >= 0.3 is 5.97 Å². The van der Waals surface area contributed by atoms with Crippen molar-refractivity contribution < 1.29 is 31.5 Å². The third kappa shape index (κ3) is 3.70. The second-order valence-corrected chi connectivity index (χ2v) is 5.70. The number of carboxylic acid groups (broad SMARTS) is 1. The maximum absolute atomic E-state index is 13.4. The molecular weight excluding hydrogens is 299 g/mol. The molecule has 112 valence electrons. The van der Waals surface area contributed by atoms with Gasteiger partial charge in [-0.2, -0.15) is 0 Å². The molecule has 1 atom stereocenters. The molecule has 0 fully saturated rings. The van der Waals surface area contributed by atoms with E-state index in [1.54, 1.807) is 4.72 Å². The van der Waals surface area contributed by atoms with Gasteiger partial charge in [-0.25, -0.2) is 26.3 Å². The minimum atomic E-state index is -4.61. The predicted molar refractivity (Wildman–Crippen MR) is 62.9 cm³/mol. The van der Waals surface area contributed by atoms with E-state index in [9.17, 15) is 26.4 Å². The zero-order valence-corrected chi connectivity index (χ0v) is 11.2. The van der Waals surface area contributed by atoms with Crippen LogP contribution in [0.5, 0.6) is 0 Å². The van der Waals surface area contributed by atoms with Crippen molar-refractivity contribution in [1.29, 1.82) is 0 Å². The first kappa shape index (κ1) is 16.4. The summed E-state index contributed by atoms with van der Waals surface area (Å²) in [6, 6.07) is 0.457. The third-order valence-electron chi connectivity index (χ3n) is 2.59.